The molecule has 0 bridgehead atoms. The molecule has 0 radical (unpaired) electrons. The summed E-state index contributed by atoms with van der Waals surface area (Å²) in [6.07, 6.45) is 1.85. The van der Waals surface area contributed by atoms with Gasteiger partial charge in [-0.1, -0.05) is 13.8 Å². The number of rotatable bonds is 3. The van der Waals surface area contributed by atoms with E-state index in [-0.39, 0.29) is 6.04 Å². The van der Waals surface area contributed by atoms with E-state index in [4.69, 9.17) is 5.11 Å². The molecule has 1 rings (SSSR count). The first kappa shape index (κ1) is 9.52. The minimum Gasteiger partial charge on any atom is -0.480 e. The Kier molecular flexibility index (Phi) is 3.09. The normalized spacial score (nSPS) is 27.3. The summed E-state index contributed by atoms with van der Waals surface area (Å²) >= 11 is 0. The lowest BCUT2D eigenvalue weighted by Crippen LogP contribution is -2.39. The number of hydrogen-bond donors (Lipinski definition) is 1. The van der Waals surface area contributed by atoms with E-state index in [0.29, 0.717) is 12.3 Å². The standard InChI is InChI=1S/C9H17NO2/c1-3-8(9(11)12)10-5-4-7(2)6-10/h7-8H,3-6H2,1-2H3,(H,11,12). The lowest BCUT2D eigenvalue weighted by molar-refractivity contribution is -0.143. The fraction of sp³-hybridized carbons (Fsp3) is 0.889. The molecule has 3 nitrogen and oxygen atoms in total. The van der Waals surface area contributed by atoms with Gasteiger partial charge in [0, 0.05) is 6.54 Å². The molecule has 0 aromatic heterocycles. The first-order valence-corrected chi connectivity index (χ1v) is 4.62. The van der Waals surface area contributed by atoms with Crippen molar-refractivity contribution in [1.29, 1.82) is 0 Å². The van der Waals surface area contributed by atoms with Gasteiger partial charge in [-0.25, -0.2) is 0 Å². The van der Waals surface area contributed by atoms with E-state index < -0.39 is 5.97 Å². The van der Waals surface area contributed by atoms with Crippen molar-refractivity contribution < 1.29 is 9.90 Å². The second-order valence-corrected chi connectivity index (χ2v) is 3.65. The number of carboxylic acids is 1. The first-order valence-electron chi connectivity index (χ1n) is 4.62. The van der Waals surface area contributed by atoms with Gasteiger partial charge in [0.25, 0.3) is 0 Å². The SMILES string of the molecule is CCC(C(=O)O)N1CCC(C)C1. The molecule has 0 saturated carbocycles. The van der Waals surface area contributed by atoms with Gasteiger partial charge in [0.1, 0.15) is 6.04 Å². The molecule has 1 aliphatic heterocycles. The number of nitrogens with zero attached hydrogens (tertiary/aromatic N) is 1. The average molecular weight is 171 g/mol. The second kappa shape index (κ2) is 3.90. The number of likely N-dealkylation sites (tertiary alicyclic amines) is 1. The van der Waals surface area contributed by atoms with E-state index in [0.717, 1.165) is 19.5 Å². The van der Waals surface area contributed by atoms with Crippen molar-refractivity contribution in [3.8, 4) is 0 Å². The molecule has 1 aliphatic rings. The Morgan fingerprint density at radius 2 is 2.42 bits per heavy atom. The van der Waals surface area contributed by atoms with Gasteiger partial charge < -0.3 is 5.11 Å². The van der Waals surface area contributed by atoms with Gasteiger partial charge >= 0.3 is 5.97 Å². The van der Waals surface area contributed by atoms with Crippen LogP contribution in [0.5, 0.6) is 0 Å². The van der Waals surface area contributed by atoms with Gasteiger partial charge in [0.15, 0.2) is 0 Å². The highest BCUT2D eigenvalue weighted by molar-refractivity contribution is 5.73. The predicted octanol–water partition coefficient (Wildman–Crippen LogP) is 1.19. The minimum atomic E-state index is -0.674. The lowest BCUT2D eigenvalue weighted by atomic mass is 10.1. The van der Waals surface area contributed by atoms with Crippen molar-refractivity contribution in [3.05, 3.63) is 0 Å². The molecule has 0 aromatic carbocycles. The molecule has 0 aromatic rings. The summed E-state index contributed by atoms with van der Waals surface area (Å²) in [5.41, 5.74) is 0. The van der Waals surface area contributed by atoms with Gasteiger partial charge in [-0.05, 0) is 25.3 Å². The Morgan fingerprint density at radius 1 is 1.75 bits per heavy atom. The van der Waals surface area contributed by atoms with Gasteiger partial charge in [-0.15, -0.1) is 0 Å². The molecule has 0 spiro atoms. The van der Waals surface area contributed by atoms with Crippen molar-refractivity contribution in [1.82, 2.24) is 4.90 Å². The number of carbonyl (C=O) groups is 1. The van der Waals surface area contributed by atoms with Crippen LogP contribution in [0.3, 0.4) is 0 Å². The van der Waals surface area contributed by atoms with Crippen molar-refractivity contribution in [2.45, 2.75) is 32.7 Å². The van der Waals surface area contributed by atoms with E-state index in [1.807, 2.05) is 6.92 Å². The molecule has 0 aliphatic carbocycles. The van der Waals surface area contributed by atoms with Gasteiger partial charge in [0.05, 0.1) is 0 Å². The molecular weight excluding hydrogens is 154 g/mol. The summed E-state index contributed by atoms with van der Waals surface area (Å²) in [6.45, 7) is 6.01. The van der Waals surface area contributed by atoms with E-state index in [2.05, 4.69) is 11.8 Å². The number of aliphatic carboxylic acids is 1. The van der Waals surface area contributed by atoms with E-state index >= 15 is 0 Å². The molecule has 1 saturated heterocycles. The fourth-order valence-electron chi connectivity index (χ4n) is 1.84. The molecule has 1 heterocycles. The van der Waals surface area contributed by atoms with Crippen LogP contribution < -0.4 is 0 Å². The largest absolute Gasteiger partial charge is 0.480 e. The summed E-state index contributed by atoms with van der Waals surface area (Å²) in [5.74, 6) is -0.00926. The lowest BCUT2D eigenvalue weighted by Gasteiger charge is -2.22. The first-order chi connectivity index (χ1) is 5.65. The molecule has 1 N–H and O–H groups in total. The Balaban J connectivity index is 2.49. The third-order valence-corrected chi connectivity index (χ3v) is 2.57. The summed E-state index contributed by atoms with van der Waals surface area (Å²) < 4.78 is 0. The van der Waals surface area contributed by atoms with Crippen molar-refractivity contribution in [2.24, 2.45) is 5.92 Å². The molecular formula is C9H17NO2. The van der Waals surface area contributed by atoms with Crippen molar-refractivity contribution in [2.75, 3.05) is 13.1 Å². The zero-order chi connectivity index (χ0) is 9.14. The van der Waals surface area contributed by atoms with Crippen LogP contribution >= 0.6 is 0 Å². The van der Waals surface area contributed by atoms with Crippen LogP contribution in [0.4, 0.5) is 0 Å². The highest BCUT2D eigenvalue weighted by atomic mass is 16.4. The van der Waals surface area contributed by atoms with Crippen LogP contribution in [0.15, 0.2) is 0 Å². The minimum absolute atomic E-state index is 0.255. The molecule has 70 valence electrons. The summed E-state index contributed by atoms with van der Waals surface area (Å²) in [4.78, 5) is 12.9. The van der Waals surface area contributed by atoms with E-state index in [1.54, 1.807) is 0 Å². The molecule has 1 fully saturated rings. The monoisotopic (exact) mass is 171 g/mol. The molecule has 12 heavy (non-hydrogen) atoms. The number of carboxylic acid groups (broad SMARTS) is 1. The summed E-state index contributed by atoms with van der Waals surface area (Å²) in [7, 11) is 0. The highest BCUT2D eigenvalue weighted by Crippen LogP contribution is 2.19. The van der Waals surface area contributed by atoms with Crippen LogP contribution in [-0.4, -0.2) is 35.1 Å². The Labute approximate surface area is 73.4 Å². The van der Waals surface area contributed by atoms with Crippen molar-refractivity contribution >= 4 is 5.97 Å². The number of hydrogen-bond acceptors (Lipinski definition) is 2. The molecule has 2 unspecified atom stereocenters. The smallest absolute Gasteiger partial charge is 0.320 e. The summed E-state index contributed by atoms with van der Waals surface area (Å²) in [5, 5.41) is 8.88. The van der Waals surface area contributed by atoms with Gasteiger partial charge in [-0.2, -0.15) is 0 Å². The molecule has 3 heteroatoms. The maximum absolute atomic E-state index is 10.8. The zero-order valence-corrected chi connectivity index (χ0v) is 7.79. The Bertz CT molecular complexity index is 170. The van der Waals surface area contributed by atoms with Crippen LogP contribution in [0, 0.1) is 5.92 Å². The fourth-order valence-corrected chi connectivity index (χ4v) is 1.84. The maximum Gasteiger partial charge on any atom is 0.320 e. The van der Waals surface area contributed by atoms with Crippen LogP contribution in [0.25, 0.3) is 0 Å². The average Bonchev–Trinajstić information content (AvgIpc) is 2.37. The Hall–Kier alpha value is -0.570. The van der Waals surface area contributed by atoms with Crippen molar-refractivity contribution in [3.63, 3.8) is 0 Å². The van der Waals surface area contributed by atoms with E-state index in [1.165, 1.54) is 0 Å². The second-order valence-electron chi connectivity index (χ2n) is 3.65. The van der Waals surface area contributed by atoms with E-state index in [9.17, 15) is 4.79 Å². The van der Waals surface area contributed by atoms with Crippen LogP contribution in [-0.2, 0) is 4.79 Å². The van der Waals surface area contributed by atoms with Gasteiger partial charge in [0.2, 0.25) is 0 Å². The summed E-state index contributed by atoms with van der Waals surface area (Å²) in [6, 6.07) is -0.255. The predicted molar refractivity (Wildman–Crippen MR) is 47.1 cm³/mol. The quantitative estimate of drug-likeness (QED) is 0.693. The van der Waals surface area contributed by atoms with Gasteiger partial charge in [-0.3, -0.25) is 9.69 Å². The Morgan fingerprint density at radius 3 is 2.75 bits per heavy atom. The zero-order valence-electron chi connectivity index (χ0n) is 7.79. The maximum atomic E-state index is 10.8. The third kappa shape index (κ3) is 1.97. The third-order valence-electron chi connectivity index (χ3n) is 2.57. The molecule has 2 atom stereocenters. The topological polar surface area (TPSA) is 40.5 Å². The van der Waals surface area contributed by atoms with Crippen LogP contribution in [0.1, 0.15) is 26.7 Å². The van der Waals surface area contributed by atoms with Crippen LogP contribution in [0.2, 0.25) is 0 Å². The molecule has 0 amide bonds. The highest BCUT2D eigenvalue weighted by Gasteiger charge is 2.28.